The van der Waals surface area contributed by atoms with E-state index in [9.17, 15) is 8.42 Å². The maximum atomic E-state index is 12.5. The van der Waals surface area contributed by atoms with Crippen LogP contribution in [0.3, 0.4) is 0 Å². The second kappa shape index (κ2) is 6.60. The third-order valence-electron chi connectivity index (χ3n) is 3.59. The highest BCUT2D eigenvalue weighted by molar-refractivity contribution is 7.89. The average molecular weight is 310 g/mol. The van der Waals surface area contributed by atoms with Gasteiger partial charge in [-0.15, -0.1) is 0 Å². The fourth-order valence-corrected chi connectivity index (χ4v) is 4.03. The van der Waals surface area contributed by atoms with E-state index in [0.717, 1.165) is 25.1 Å². The molecule has 0 saturated heterocycles. The summed E-state index contributed by atoms with van der Waals surface area (Å²) < 4.78 is 32.9. The standard InChI is InChI=1S/C15H22N2O3S/c1-11-8-14(20-3)9-12(2)15(11)21(18,19)17-10-13-4-6-16-7-5-13/h4,8-9,16-17H,5-7,10H2,1-3H3. The van der Waals surface area contributed by atoms with Crippen molar-refractivity contribution in [3.63, 3.8) is 0 Å². The van der Waals surface area contributed by atoms with Gasteiger partial charge in [-0.25, -0.2) is 13.1 Å². The molecule has 1 aromatic carbocycles. The molecular weight excluding hydrogens is 288 g/mol. The lowest BCUT2D eigenvalue weighted by Gasteiger charge is -2.17. The van der Waals surface area contributed by atoms with E-state index in [1.54, 1.807) is 33.1 Å². The van der Waals surface area contributed by atoms with E-state index in [4.69, 9.17) is 4.74 Å². The van der Waals surface area contributed by atoms with Gasteiger partial charge in [0.25, 0.3) is 0 Å². The molecule has 0 aliphatic carbocycles. The third-order valence-corrected chi connectivity index (χ3v) is 5.29. The van der Waals surface area contributed by atoms with Gasteiger partial charge in [-0.3, -0.25) is 0 Å². The summed E-state index contributed by atoms with van der Waals surface area (Å²) in [5.41, 5.74) is 2.51. The first kappa shape index (κ1) is 16.0. The first-order chi connectivity index (χ1) is 9.94. The molecule has 1 aliphatic rings. The minimum absolute atomic E-state index is 0.345. The molecule has 0 atom stereocenters. The Kier molecular flexibility index (Phi) is 5.03. The smallest absolute Gasteiger partial charge is 0.241 e. The third kappa shape index (κ3) is 3.84. The monoisotopic (exact) mass is 310 g/mol. The zero-order chi connectivity index (χ0) is 15.5. The van der Waals surface area contributed by atoms with Gasteiger partial charge < -0.3 is 10.1 Å². The number of hydrogen-bond donors (Lipinski definition) is 2. The van der Waals surface area contributed by atoms with Crippen LogP contribution in [-0.4, -0.2) is 35.2 Å². The fraction of sp³-hybridized carbons (Fsp3) is 0.467. The SMILES string of the molecule is COc1cc(C)c(S(=O)(=O)NCC2=CCNCC2)c(C)c1. The topological polar surface area (TPSA) is 67.4 Å². The number of benzene rings is 1. The molecule has 2 N–H and O–H groups in total. The Morgan fingerprint density at radius 2 is 1.95 bits per heavy atom. The van der Waals surface area contributed by atoms with Crippen LogP contribution in [0.4, 0.5) is 0 Å². The van der Waals surface area contributed by atoms with E-state index >= 15 is 0 Å². The van der Waals surface area contributed by atoms with E-state index < -0.39 is 10.0 Å². The average Bonchev–Trinajstić information content (AvgIpc) is 2.45. The molecule has 116 valence electrons. The first-order valence-corrected chi connectivity index (χ1v) is 8.46. The van der Waals surface area contributed by atoms with Crippen LogP contribution in [0.25, 0.3) is 0 Å². The maximum absolute atomic E-state index is 12.5. The van der Waals surface area contributed by atoms with Crippen LogP contribution < -0.4 is 14.8 Å². The van der Waals surface area contributed by atoms with Crippen LogP contribution in [0.5, 0.6) is 5.75 Å². The summed E-state index contributed by atoms with van der Waals surface area (Å²) >= 11 is 0. The second-order valence-corrected chi connectivity index (χ2v) is 6.94. The van der Waals surface area contributed by atoms with Crippen molar-refractivity contribution in [3.05, 3.63) is 34.9 Å². The predicted molar refractivity (Wildman–Crippen MR) is 83.2 cm³/mol. The molecule has 1 aliphatic heterocycles. The molecule has 1 heterocycles. The van der Waals surface area contributed by atoms with Gasteiger partial charge in [-0.1, -0.05) is 11.6 Å². The van der Waals surface area contributed by atoms with E-state index in [1.807, 2.05) is 6.08 Å². The Bertz CT molecular complexity index is 628. The minimum atomic E-state index is -3.51. The predicted octanol–water partition coefficient (Wildman–Crippen LogP) is 1.51. The quantitative estimate of drug-likeness (QED) is 0.809. The van der Waals surface area contributed by atoms with Gasteiger partial charge in [0.1, 0.15) is 5.75 Å². The normalized spacial score (nSPS) is 15.7. The van der Waals surface area contributed by atoms with Gasteiger partial charge in [0, 0.05) is 13.1 Å². The summed E-state index contributed by atoms with van der Waals surface area (Å²) in [6, 6.07) is 3.48. The molecule has 0 aromatic heterocycles. The van der Waals surface area contributed by atoms with Crippen molar-refractivity contribution >= 4 is 10.0 Å². The van der Waals surface area contributed by atoms with Gasteiger partial charge in [-0.05, 0) is 50.1 Å². The Hall–Kier alpha value is -1.37. The molecule has 2 rings (SSSR count). The van der Waals surface area contributed by atoms with E-state index in [2.05, 4.69) is 10.0 Å². The van der Waals surface area contributed by atoms with Crippen LogP contribution >= 0.6 is 0 Å². The summed E-state index contributed by atoms with van der Waals surface area (Å²) in [6.07, 6.45) is 2.92. The van der Waals surface area contributed by atoms with Crippen LogP contribution in [-0.2, 0) is 10.0 Å². The molecule has 0 unspecified atom stereocenters. The summed E-state index contributed by atoms with van der Waals surface area (Å²) in [7, 11) is -1.94. The zero-order valence-electron chi connectivity index (χ0n) is 12.7. The highest BCUT2D eigenvalue weighted by atomic mass is 32.2. The highest BCUT2D eigenvalue weighted by Gasteiger charge is 2.20. The molecule has 0 spiro atoms. The van der Waals surface area contributed by atoms with E-state index in [0.29, 0.717) is 28.3 Å². The van der Waals surface area contributed by atoms with Gasteiger partial charge >= 0.3 is 0 Å². The minimum Gasteiger partial charge on any atom is -0.497 e. The van der Waals surface area contributed by atoms with Crippen LogP contribution in [0.2, 0.25) is 0 Å². The van der Waals surface area contributed by atoms with Crippen LogP contribution in [0.1, 0.15) is 17.5 Å². The molecule has 21 heavy (non-hydrogen) atoms. The number of sulfonamides is 1. The van der Waals surface area contributed by atoms with Crippen molar-refractivity contribution in [2.45, 2.75) is 25.2 Å². The molecule has 0 saturated carbocycles. The maximum Gasteiger partial charge on any atom is 0.241 e. The Morgan fingerprint density at radius 1 is 1.29 bits per heavy atom. The molecule has 0 bridgehead atoms. The van der Waals surface area contributed by atoms with Gasteiger partial charge in [0.05, 0.1) is 12.0 Å². The molecule has 1 aromatic rings. The molecule has 0 radical (unpaired) electrons. The Morgan fingerprint density at radius 3 is 2.48 bits per heavy atom. The second-order valence-electron chi connectivity index (χ2n) is 5.23. The highest BCUT2D eigenvalue weighted by Crippen LogP contribution is 2.25. The van der Waals surface area contributed by atoms with Crippen molar-refractivity contribution in [1.82, 2.24) is 10.0 Å². The summed E-state index contributed by atoms with van der Waals surface area (Å²) in [5, 5.41) is 3.21. The summed E-state index contributed by atoms with van der Waals surface area (Å²) in [5.74, 6) is 0.671. The number of nitrogens with one attached hydrogen (secondary N) is 2. The molecule has 0 amide bonds. The van der Waals surface area contributed by atoms with Crippen molar-refractivity contribution in [3.8, 4) is 5.75 Å². The molecular formula is C15H22N2O3S. The van der Waals surface area contributed by atoms with Gasteiger partial charge in [0.15, 0.2) is 0 Å². The van der Waals surface area contributed by atoms with Crippen molar-refractivity contribution < 1.29 is 13.2 Å². The first-order valence-electron chi connectivity index (χ1n) is 6.97. The fourth-order valence-electron chi connectivity index (χ4n) is 2.54. The molecule has 5 nitrogen and oxygen atoms in total. The van der Waals surface area contributed by atoms with E-state index in [-0.39, 0.29) is 0 Å². The molecule has 6 heteroatoms. The number of rotatable bonds is 5. The lowest BCUT2D eigenvalue weighted by molar-refractivity contribution is 0.413. The summed E-state index contributed by atoms with van der Waals surface area (Å²) in [4.78, 5) is 0.345. The number of ether oxygens (including phenoxy) is 1. The number of methoxy groups -OCH3 is 1. The van der Waals surface area contributed by atoms with Crippen molar-refractivity contribution in [2.75, 3.05) is 26.7 Å². The van der Waals surface area contributed by atoms with Gasteiger partial charge in [0.2, 0.25) is 10.0 Å². The number of aryl methyl sites for hydroxylation is 2. The summed E-state index contributed by atoms with van der Waals surface area (Å²) in [6.45, 7) is 5.64. The Labute approximate surface area is 126 Å². The molecule has 0 fully saturated rings. The van der Waals surface area contributed by atoms with Crippen molar-refractivity contribution in [2.24, 2.45) is 0 Å². The van der Waals surface area contributed by atoms with Crippen molar-refractivity contribution in [1.29, 1.82) is 0 Å². The lowest BCUT2D eigenvalue weighted by Crippen LogP contribution is -2.30. The number of hydrogen-bond acceptors (Lipinski definition) is 4. The Balaban J connectivity index is 2.21. The largest absolute Gasteiger partial charge is 0.497 e. The van der Waals surface area contributed by atoms with Crippen LogP contribution in [0, 0.1) is 13.8 Å². The van der Waals surface area contributed by atoms with E-state index in [1.165, 1.54) is 0 Å². The zero-order valence-corrected chi connectivity index (χ0v) is 13.5. The lowest BCUT2D eigenvalue weighted by atomic mass is 10.1. The van der Waals surface area contributed by atoms with Crippen LogP contribution in [0.15, 0.2) is 28.7 Å². The van der Waals surface area contributed by atoms with Gasteiger partial charge in [-0.2, -0.15) is 0 Å².